The monoisotopic (exact) mass is 659 g/mol. The maximum Gasteiger partial charge on any atom is 0.344 e. The third-order valence-corrected chi connectivity index (χ3v) is 9.62. The molecule has 51 heavy (non-hydrogen) atoms. The van der Waals surface area contributed by atoms with Gasteiger partial charge in [0.1, 0.15) is 5.75 Å². The number of aromatic amines is 2. The number of hydrogen-bond acceptors (Lipinski definition) is 3. The highest BCUT2D eigenvalue weighted by atomic mass is 16.5. The number of carbonyl (C=O) groups excluding carboxylic acids is 1. The Bertz CT molecular complexity index is 2670. The molecule has 0 radical (unpaired) electrons. The number of esters is 1. The number of aromatic nitrogens is 3. The lowest BCUT2D eigenvalue weighted by Crippen LogP contribution is -2.04. The summed E-state index contributed by atoms with van der Waals surface area (Å²) in [6, 6.07) is 47.4. The van der Waals surface area contributed by atoms with Crippen LogP contribution in [0.5, 0.6) is 5.75 Å². The summed E-state index contributed by atoms with van der Waals surface area (Å²) in [5, 5.41) is 0. The Hall–Kier alpha value is -6.72. The Kier molecular flexibility index (Phi) is 7.32. The van der Waals surface area contributed by atoms with Gasteiger partial charge in [0.2, 0.25) is 0 Å². The van der Waals surface area contributed by atoms with Crippen molar-refractivity contribution in [1.29, 1.82) is 0 Å². The van der Waals surface area contributed by atoms with Gasteiger partial charge < -0.3 is 14.7 Å². The zero-order valence-corrected chi connectivity index (χ0v) is 28.2. The zero-order chi connectivity index (χ0) is 34.5. The highest BCUT2D eigenvalue weighted by molar-refractivity contribution is 6.07. The fourth-order valence-electron chi connectivity index (χ4n) is 7.11. The molecule has 0 amide bonds. The van der Waals surface area contributed by atoms with E-state index in [2.05, 4.69) is 103 Å². The van der Waals surface area contributed by atoms with Crippen molar-refractivity contribution in [2.24, 2.45) is 0 Å². The Morgan fingerprint density at radius 1 is 0.471 bits per heavy atom. The predicted molar refractivity (Wildman–Crippen MR) is 208 cm³/mol. The van der Waals surface area contributed by atoms with Gasteiger partial charge in [-0.05, 0) is 78.6 Å². The van der Waals surface area contributed by atoms with E-state index in [1.165, 1.54) is 11.1 Å². The zero-order valence-electron chi connectivity index (χ0n) is 28.2. The van der Waals surface area contributed by atoms with Crippen molar-refractivity contribution in [3.8, 4) is 50.3 Å². The van der Waals surface area contributed by atoms with E-state index in [-0.39, 0.29) is 0 Å². The minimum atomic E-state index is -0.409. The van der Waals surface area contributed by atoms with Crippen LogP contribution >= 0.6 is 0 Å². The van der Waals surface area contributed by atoms with Crippen molar-refractivity contribution >= 4 is 40.2 Å². The van der Waals surface area contributed by atoms with Crippen molar-refractivity contribution in [2.45, 2.75) is 13.8 Å². The maximum absolute atomic E-state index is 14.0. The molecule has 0 saturated heterocycles. The van der Waals surface area contributed by atoms with Crippen LogP contribution in [0.2, 0.25) is 0 Å². The second kappa shape index (κ2) is 12.3. The van der Waals surface area contributed by atoms with Crippen LogP contribution in [0.4, 0.5) is 0 Å². The van der Waals surface area contributed by atoms with Crippen LogP contribution in [0.1, 0.15) is 32.9 Å². The molecular weight excluding hydrogens is 627 g/mol. The Morgan fingerprint density at radius 2 is 0.902 bits per heavy atom. The fraction of sp³-hybridized carbons (Fsp3) is 0.0435. The average molecular weight is 660 g/mol. The number of hydrogen-bond donors (Lipinski definition) is 2. The molecule has 5 nitrogen and oxygen atoms in total. The summed E-state index contributed by atoms with van der Waals surface area (Å²) in [7, 11) is 0. The molecule has 0 saturated carbocycles. The maximum atomic E-state index is 14.0. The van der Waals surface area contributed by atoms with Crippen LogP contribution in [0.15, 0.2) is 140 Å². The first kappa shape index (κ1) is 30.3. The minimum absolute atomic E-state index is 0.409. The molecule has 0 aliphatic carbocycles. The molecule has 8 bridgehead atoms. The molecular formula is C46H33N3O2. The average Bonchev–Trinajstić information content (AvgIpc) is 3.98. The summed E-state index contributed by atoms with van der Waals surface area (Å²) >= 11 is 0. The van der Waals surface area contributed by atoms with Crippen molar-refractivity contribution in [3.05, 3.63) is 168 Å². The number of rotatable bonds is 4. The number of H-pyrrole nitrogens is 2. The number of carbonyl (C=O) groups is 1. The number of benzene rings is 4. The standard InChI is InChI=1S/C46H33N3O2/c1-28-13-17-32(18-14-28)43-36-22-21-35(47-36)42(30-9-5-3-6-10-30)34-27-41(51-46(34)50)45(31-11-7-4-8-12-31)40-26-25-39(49-40)44(38-24-23-37(43)48-38)33-19-15-29(2)16-20-33/h3-27,47-48H,1-2H3. The van der Waals surface area contributed by atoms with Crippen LogP contribution in [-0.4, -0.2) is 20.9 Å². The van der Waals surface area contributed by atoms with Crippen molar-refractivity contribution in [2.75, 3.05) is 0 Å². The quantitative estimate of drug-likeness (QED) is 0.185. The molecule has 0 spiro atoms. The van der Waals surface area contributed by atoms with Gasteiger partial charge in [-0.15, -0.1) is 0 Å². The summed E-state index contributed by atoms with van der Waals surface area (Å²) in [5.41, 5.74) is 15.4. The van der Waals surface area contributed by atoms with Gasteiger partial charge in [0.25, 0.3) is 0 Å². The fourth-order valence-corrected chi connectivity index (χ4v) is 7.11. The molecule has 0 unspecified atom stereocenters. The van der Waals surface area contributed by atoms with E-state index < -0.39 is 5.97 Å². The normalized spacial score (nSPS) is 12.2. The Morgan fingerprint density at radius 3 is 1.45 bits per heavy atom. The smallest absolute Gasteiger partial charge is 0.344 e. The Balaban J connectivity index is 1.49. The molecule has 3 aromatic heterocycles. The van der Waals surface area contributed by atoms with Gasteiger partial charge in [0.05, 0.1) is 22.5 Å². The van der Waals surface area contributed by atoms with Gasteiger partial charge >= 0.3 is 5.97 Å². The van der Waals surface area contributed by atoms with E-state index in [0.29, 0.717) is 11.3 Å². The molecule has 244 valence electrons. The number of fused-ring (bicyclic) bond motifs is 8. The molecule has 0 fully saturated rings. The van der Waals surface area contributed by atoms with E-state index in [4.69, 9.17) is 9.72 Å². The van der Waals surface area contributed by atoms with Crippen molar-refractivity contribution in [1.82, 2.24) is 15.0 Å². The third-order valence-electron chi connectivity index (χ3n) is 9.62. The van der Waals surface area contributed by atoms with E-state index in [1.54, 1.807) is 0 Å². The molecule has 2 aliphatic heterocycles. The van der Waals surface area contributed by atoms with Gasteiger partial charge in [0, 0.05) is 38.8 Å². The van der Waals surface area contributed by atoms with E-state index in [9.17, 15) is 4.79 Å². The lowest BCUT2D eigenvalue weighted by molar-refractivity contribution is 0.0755. The van der Waals surface area contributed by atoms with Crippen LogP contribution in [0.3, 0.4) is 0 Å². The number of nitrogens with zero attached hydrogens (tertiary/aromatic N) is 1. The van der Waals surface area contributed by atoms with Gasteiger partial charge in [-0.3, -0.25) is 0 Å². The third kappa shape index (κ3) is 5.45. The first-order valence-corrected chi connectivity index (χ1v) is 17.1. The Labute approximate surface area is 295 Å². The second-order valence-electron chi connectivity index (χ2n) is 13.1. The van der Waals surface area contributed by atoms with Crippen LogP contribution in [0, 0.1) is 13.8 Å². The summed E-state index contributed by atoms with van der Waals surface area (Å²) in [5.74, 6) is 0.0527. The highest BCUT2D eigenvalue weighted by Gasteiger charge is 2.26. The molecule has 2 N–H and O–H groups in total. The molecule has 9 rings (SSSR count). The van der Waals surface area contributed by atoms with E-state index in [0.717, 1.165) is 78.0 Å². The first-order valence-electron chi connectivity index (χ1n) is 17.1. The molecule has 0 atom stereocenters. The minimum Gasteiger partial charge on any atom is -0.422 e. The topological polar surface area (TPSA) is 70.8 Å². The summed E-state index contributed by atoms with van der Waals surface area (Å²) in [6.07, 6.45) is 4.07. The summed E-state index contributed by atoms with van der Waals surface area (Å²) < 4.78 is 6.19. The largest absolute Gasteiger partial charge is 0.422 e. The van der Waals surface area contributed by atoms with Gasteiger partial charge in [-0.2, -0.15) is 0 Å². The van der Waals surface area contributed by atoms with Crippen LogP contribution < -0.4 is 4.74 Å². The predicted octanol–water partition coefficient (Wildman–Crippen LogP) is 11.6. The molecule has 7 aromatic rings. The molecule has 4 aromatic carbocycles. The number of aryl methyl sites for hydroxylation is 2. The van der Waals surface area contributed by atoms with Crippen molar-refractivity contribution < 1.29 is 9.53 Å². The van der Waals surface area contributed by atoms with E-state index >= 15 is 0 Å². The first-order chi connectivity index (χ1) is 25.0. The van der Waals surface area contributed by atoms with Crippen molar-refractivity contribution in [3.63, 3.8) is 0 Å². The van der Waals surface area contributed by atoms with E-state index in [1.807, 2.05) is 72.8 Å². The van der Waals surface area contributed by atoms with Crippen LogP contribution in [0.25, 0.3) is 78.7 Å². The van der Waals surface area contributed by atoms with Crippen LogP contribution in [-0.2, 0) is 0 Å². The molecule has 5 heteroatoms. The lowest BCUT2D eigenvalue weighted by Gasteiger charge is -2.07. The molecule has 5 heterocycles. The second-order valence-corrected chi connectivity index (χ2v) is 13.1. The number of nitrogens with one attached hydrogen (secondary N) is 2. The lowest BCUT2D eigenvalue weighted by atomic mass is 10.00. The SMILES string of the molecule is Cc1ccc(-c2c3nc(c(-c4ccccc4)c4cc(c(-c5ccccc5)c5ccc([nH]5)c(-c5ccc(C)cc5)c5ccc2[nH]5)C(=O)O4)C=C3)cc1. The number of ether oxygens (including phenoxy) is 1. The van der Waals surface area contributed by atoms with Gasteiger partial charge in [0.15, 0.2) is 0 Å². The van der Waals surface area contributed by atoms with Gasteiger partial charge in [-0.1, -0.05) is 120 Å². The van der Waals surface area contributed by atoms with Gasteiger partial charge in [-0.25, -0.2) is 9.78 Å². The summed E-state index contributed by atoms with van der Waals surface area (Å²) in [6.45, 7) is 4.19. The molecule has 2 aliphatic rings. The highest BCUT2D eigenvalue weighted by Crippen LogP contribution is 2.41. The summed E-state index contributed by atoms with van der Waals surface area (Å²) in [4.78, 5) is 26.8.